The molecule has 0 fully saturated rings. The van der Waals surface area contributed by atoms with Crippen molar-refractivity contribution < 1.29 is 0 Å². The summed E-state index contributed by atoms with van der Waals surface area (Å²) in [6, 6.07) is 32.1. The Balaban J connectivity index is 0.00000121. The SMILES string of the molecule is CC(c1ccccc1)(c1ccccc1)c1ccccc1.[KH].[KH]. The van der Waals surface area contributed by atoms with Crippen LogP contribution in [-0.4, -0.2) is 103 Å². The van der Waals surface area contributed by atoms with Crippen LogP contribution in [-0.2, 0) is 5.41 Å². The molecule has 0 nitrogen and oxygen atoms in total. The molecular weight excluding hydrogens is 318 g/mol. The Morgan fingerprint density at radius 1 is 0.455 bits per heavy atom. The van der Waals surface area contributed by atoms with Gasteiger partial charge in [-0.05, 0) is 23.6 Å². The van der Waals surface area contributed by atoms with Crippen molar-refractivity contribution in [3.8, 4) is 0 Å². The first-order valence-electron chi connectivity index (χ1n) is 6.98. The third-order valence-corrected chi connectivity index (χ3v) is 4.05. The average Bonchev–Trinajstić information content (AvgIpc) is 2.56. The molecule has 3 aromatic carbocycles. The zero-order valence-electron chi connectivity index (χ0n) is 11.7. The Morgan fingerprint density at radius 3 is 0.909 bits per heavy atom. The topological polar surface area (TPSA) is 0 Å². The van der Waals surface area contributed by atoms with E-state index in [9.17, 15) is 0 Å². The zero-order valence-corrected chi connectivity index (χ0v) is 11.7. The normalized spacial score (nSPS) is 10.2. The molecule has 0 saturated heterocycles. The van der Waals surface area contributed by atoms with E-state index in [-0.39, 0.29) is 108 Å². The summed E-state index contributed by atoms with van der Waals surface area (Å²) < 4.78 is 0. The fourth-order valence-corrected chi connectivity index (χ4v) is 2.81. The molecule has 0 atom stereocenters. The fourth-order valence-electron chi connectivity index (χ4n) is 2.81. The van der Waals surface area contributed by atoms with Crippen molar-refractivity contribution >= 4 is 103 Å². The first-order valence-corrected chi connectivity index (χ1v) is 6.98. The first-order chi connectivity index (χ1) is 9.82. The molecule has 0 unspecified atom stereocenters. The predicted molar refractivity (Wildman–Crippen MR) is 99.2 cm³/mol. The molecule has 0 saturated carbocycles. The van der Waals surface area contributed by atoms with Crippen LogP contribution < -0.4 is 0 Å². The second-order valence-corrected chi connectivity index (χ2v) is 5.22. The number of rotatable bonds is 3. The van der Waals surface area contributed by atoms with Gasteiger partial charge >= 0.3 is 103 Å². The molecule has 3 rings (SSSR count). The van der Waals surface area contributed by atoms with Gasteiger partial charge in [0, 0.05) is 5.41 Å². The molecule has 0 aliphatic rings. The number of hydrogen-bond donors (Lipinski definition) is 0. The van der Waals surface area contributed by atoms with Gasteiger partial charge in [-0.3, -0.25) is 0 Å². The molecule has 0 heterocycles. The van der Waals surface area contributed by atoms with E-state index in [1.807, 2.05) is 0 Å². The quantitative estimate of drug-likeness (QED) is 0.504. The van der Waals surface area contributed by atoms with E-state index in [1.165, 1.54) is 16.7 Å². The second-order valence-electron chi connectivity index (χ2n) is 5.22. The summed E-state index contributed by atoms with van der Waals surface area (Å²) in [6.07, 6.45) is 0. The molecule has 0 amide bonds. The van der Waals surface area contributed by atoms with Crippen LogP contribution in [0.5, 0.6) is 0 Å². The summed E-state index contributed by atoms with van der Waals surface area (Å²) in [6.45, 7) is 2.30. The van der Waals surface area contributed by atoms with Crippen LogP contribution in [0.15, 0.2) is 91.0 Å². The third-order valence-electron chi connectivity index (χ3n) is 4.05. The van der Waals surface area contributed by atoms with Crippen molar-refractivity contribution in [3.05, 3.63) is 108 Å². The molecule has 0 aromatic heterocycles. The maximum absolute atomic E-state index is 2.30. The van der Waals surface area contributed by atoms with Gasteiger partial charge in [0.25, 0.3) is 0 Å². The van der Waals surface area contributed by atoms with Crippen molar-refractivity contribution in [3.63, 3.8) is 0 Å². The Hall–Kier alpha value is 0.933. The average molecular weight is 339 g/mol. The van der Waals surface area contributed by atoms with E-state index in [4.69, 9.17) is 0 Å². The van der Waals surface area contributed by atoms with Crippen molar-refractivity contribution in [1.82, 2.24) is 0 Å². The van der Waals surface area contributed by atoms with Crippen molar-refractivity contribution in [2.75, 3.05) is 0 Å². The van der Waals surface area contributed by atoms with Crippen molar-refractivity contribution in [1.29, 1.82) is 0 Å². The molecule has 0 N–H and O–H groups in total. The molecule has 0 aliphatic heterocycles. The third kappa shape index (κ3) is 4.51. The predicted octanol–water partition coefficient (Wildman–Crippen LogP) is 3.74. The van der Waals surface area contributed by atoms with Crippen LogP contribution in [0.2, 0.25) is 0 Å². The van der Waals surface area contributed by atoms with Crippen LogP contribution in [0.3, 0.4) is 0 Å². The number of hydrogen-bond acceptors (Lipinski definition) is 0. The molecule has 0 radical (unpaired) electrons. The summed E-state index contributed by atoms with van der Waals surface area (Å²) >= 11 is 0. The van der Waals surface area contributed by atoms with E-state index >= 15 is 0 Å². The number of benzene rings is 3. The van der Waals surface area contributed by atoms with Crippen LogP contribution in [0.1, 0.15) is 23.6 Å². The zero-order chi connectivity index (χ0) is 13.8. The fraction of sp³-hybridized carbons (Fsp3) is 0.100. The summed E-state index contributed by atoms with van der Waals surface area (Å²) in [5, 5.41) is 0. The summed E-state index contributed by atoms with van der Waals surface area (Å²) in [7, 11) is 0. The second kappa shape index (κ2) is 10.0. The molecule has 0 bridgehead atoms. The Labute approximate surface area is 218 Å². The van der Waals surface area contributed by atoms with Crippen LogP contribution in [0, 0.1) is 0 Å². The van der Waals surface area contributed by atoms with Crippen LogP contribution in [0.25, 0.3) is 0 Å². The van der Waals surface area contributed by atoms with Crippen molar-refractivity contribution in [2.24, 2.45) is 0 Å². The summed E-state index contributed by atoms with van der Waals surface area (Å²) in [5.74, 6) is 0. The Bertz CT molecular complexity index is 567. The monoisotopic (exact) mass is 338 g/mol. The van der Waals surface area contributed by atoms with Gasteiger partial charge in [-0.25, -0.2) is 0 Å². The van der Waals surface area contributed by atoms with Crippen LogP contribution in [0.4, 0.5) is 0 Å². The van der Waals surface area contributed by atoms with Gasteiger partial charge in [0.2, 0.25) is 0 Å². The molecule has 3 aromatic rings. The van der Waals surface area contributed by atoms with E-state index < -0.39 is 0 Å². The van der Waals surface area contributed by atoms with Gasteiger partial charge in [-0.2, -0.15) is 0 Å². The minimum atomic E-state index is -0.121. The Kier molecular flexibility index (Phi) is 9.58. The van der Waals surface area contributed by atoms with Gasteiger partial charge in [0.05, 0.1) is 0 Å². The molecular formula is C20H20K2. The Morgan fingerprint density at radius 2 is 0.682 bits per heavy atom. The summed E-state index contributed by atoms with van der Waals surface area (Å²) in [5.41, 5.74) is 3.83. The molecule has 0 aliphatic carbocycles. The van der Waals surface area contributed by atoms with Gasteiger partial charge in [-0.15, -0.1) is 0 Å². The molecule has 0 spiro atoms. The summed E-state index contributed by atoms with van der Waals surface area (Å²) in [4.78, 5) is 0. The first kappa shape index (κ1) is 21.0. The van der Waals surface area contributed by atoms with Gasteiger partial charge < -0.3 is 0 Å². The van der Waals surface area contributed by atoms with Gasteiger partial charge in [0.1, 0.15) is 0 Å². The van der Waals surface area contributed by atoms with E-state index in [2.05, 4.69) is 97.9 Å². The molecule has 22 heavy (non-hydrogen) atoms. The molecule has 2 heteroatoms. The van der Waals surface area contributed by atoms with Gasteiger partial charge in [-0.1, -0.05) is 91.0 Å². The van der Waals surface area contributed by atoms with Gasteiger partial charge in [0.15, 0.2) is 0 Å². The van der Waals surface area contributed by atoms with E-state index in [0.29, 0.717) is 0 Å². The van der Waals surface area contributed by atoms with Crippen molar-refractivity contribution in [2.45, 2.75) is 12.3 Å². The molecule has 102 valence electrons. The van der Waals surface area contributed by atoms with E-state index in [1.54, 1.807) is 0 Å². The van der Waals surface area contributed by atoms with Crippen LogP contribution >= 0.6 is 0 Å². The van der Waals surface area contributed by atoms with E-state index in [0.717, 1.165) is 0 Å². The minimum absolute atomic E-state index is 0. The maximum atomic E-state index is 2.30. The standard InChI is InChI=1S/C20H18.2K.2H/c1-20(17-11-5-2-6-12-17,18-13-7-3-8-14-18)19-15-9-4-10-16-19;;;;/h2-16H,1H3;;;;.